The van der Waals surface area contributed by atoms with Gasteiger partial charge >= 0.3 is 0 Å². The summed E-state index contributed by atoms with van der Waals surface area (Å²) in [5.74, 6) is 0.739. The van der Waals surface area contributed by atoms with Crippen molar-refractivity contribution >= 4 is 50.6 Å². The predicted octanol–water partition coefficient (Wildman–Crippen LogP) is 10.6. The molecule has 0 atom stereocenters. The van der Waals surface area contributed by atoms with Gasteiger partial charge in [0.25, 0.3) is 0 Å². The van der Waals surface area contributed by atoms with E-state index in [0.717, 1.165) is 34.0 Å². The van der Waals surface area contributed by atoms with Crippen molar-refractivity contribution in [2.75, 3.05) is 0 Å². The van der Waals surface area contributed by atoms with Crippen molar-refractivity contribution in [3.05, 3.63) is 211 Å². The molecule has 0 saturated carbocycles. The molecule has 0 amide bonds. The number of aromatic nitrogens is 3. The zero-order chi connectivity index (χ0) is 39.3. The van der Waals surface area contributed by atoms with Crippen molar-refractivity contribution in [3.8, 4) is 50.7 Å². The average molecular weight is 770 g/mol. The van der Waals surface area contributed by atoms with Crippen molar-refractivity contribution in [2.24, 2.45) is 0 Å². The third-order valence-corrected chi connectivity index (χ3v) is 17.9. The molecule has 0 fully saturated rings. The maximum Gasteiger partial charge on any atom is 0.185 e. The highest BCUT2D eigenvalue weighted by Gasteiger charge is 2.52. The van der Waals surface area contributed by atoms with Crippen LogP contribution in [-0.4, -0.2) is 22.6 Å². The highest BCUT2D eigenvalue weighted by atomic mass is 28.3. The average Bonchev–Trinajstić information content (AvgIpc) is 3.88. The Bertz CT molecular complexity index is 3240. The molecule has 0 unspecified atom stereocenters. The van der Waals surface area contributed by atoms with Crippen LogP contribution in [0.2, 0.25) is 0 Å². The van der Waals surface area contributed by atoms with Crippen LogP contribution in [0, 0.1) is 0 Å². The molecule has 0 radical (unpaired) electrons. The molecule has 2 aromatic heterocycles. The molecule has 1 aliphatic carbocycles. The Hall–Kier alpha value is -7.14. The van der Waals surface area contributed by atoms with Crippen LogP contribution < -0.4 is 20.7 Å². The summed E-state index contributed by atoms with van der Waals surface area (Å²) in [6.07, 6.45) is 0. The molecule has 1 aliphatic heterocycles. The maximum atomic E-state index is 5.58. The molecule has 0 bridgehead atoms. The number of hydrogen-bond donors (Lipinski definition) is 0. The minimum atomic E-state index is -3.08. The molecule has 8 aromatic carbocycles. The third kappa shape index (κ3) is 4.69. The second kappa shape index (κ2) is 12.7. The second-order valence-electron chi connectivity index (χ2n) is 16.5. The van der Waals surface area contributed by atoms with Crippen molar-refractivity contribution in [2.45, 2.75) is 19.3 Å². The summed E-state index contributed by atoms with van der Waals surface area (Å²) in [4.78, 5) is 11.1. The second-order valence-corrected chi connectivity index (χ2v) is 20.2. The number of benzene rings is 8. The monoisotopic (exact) mass is 769 g/mol. The van der Waals surface area contributed by atoms with Gasteiger partial charge in [0.2, 0.25) is 0 Å². The summed E-state index contributed by atoms with van der Waals surface area (Å²) in [6.45, 7) is 4.74. The molecule has 59 heavy (non-hydrogen) atoms. The molecule has 10 aromatic rings. The minimum absolute atomic E-state index is 0.0880. The van der Waals surface area contributed by atoms with Gasteiger partial charge in [-0.1, -0.05) is 190 Å². The Balaban J connectivity index is 1.21. The van der Waals surface area contributed by atoms with Crippen LogP contribution >= 0.6 is 0 Å². The van der Waals surface area contributed by atoms with Crippen molar-refractivity contribution in [1.82, 2.24) is 14.5 Å². The molecule has 0 saturated heterocycles. The molecule has 0 spiro atoms. The first-order valence-electron chi connectivity index (χ1n) is 20.5. The number of nitrogens with zero attached hydrogens (tertiary/aromatic N) is 3. The maximum absolute atomic E-state index is 5.58. The molecule has 4 heteroatoms. The topological polar surface area (TPSA) is 30.7 Å². The molecule has 3 heterocycles. The van der Waals surface area contributed by atoms with Gasteiger partial charge in [0.05, 0.1) is 22.4 Å². The largest absolute Gasteiger partial charge is 0.309 e. The first-order chi connectivity index (χ1) is 29.0. The smallest absolute Gasteiger partial charge is 0.185 e. The van der Waals surface area contributed by atoms with Gasteiger partial charge in [-0.2, -0.15) is 0 Å². The Labute approximate surface area is 345 Å². The molecular weight excluding hydrogens is 731 g/mol. The highest BCUT2D eigenvalue weighted by molar-refractivity contribution is 7.22. The van der Waals surface area contributed by atoms with Gasteiger partial charge in [0.15, 0.2) is 13.9 Å². The first-order valence-corrected chi connectivity index (χ1v) is 22.5. The van der Waals surface area contributed by atoms with E-state index in [-0.39, 0.29) is 5.41 Å². The molecule has 278 valence electrons. The molecular formula is C55H39N3Si. The summed E-state index contributed by atoms with van der Waals surface area (Å²) in [6, 6.07) is 73.5. The van der Waals surface area contributed by atoms with E-state index in [1.54, 1.807) is 0 Å². The van der Waals surface area contributed by atoms with Crippen LogP contribution in [0.1, 0.15) is 25.0 Å². The van der Waals surface area contributed by atoms with Gasteiger partial charge in [-0.05, 0) is 62.1 Å². The van der Waals surface area contributed by atoms with Gasteiger partial charge in [0.1, 0.15) is 0 Å². The lowest BCUT2D eigenvalue weighted by Gasteiger charge is -2.32. The lowest BCUT2D eigenvalue weighted by molar-refractivity contribution is 0.661. The van der Waals surface area contributed by atoms with Gasteiger partial charge in [0, 0.05) is 43.8 Å². The van der Waals surface area contributed by atoms with Crippen LogP contribution in [0.4, 0.5) is 0 Å². The standard InChI is InChI=1S/C55H39N3Si/c1-55(2)44-29-17-15-27-41(44)49-45(55)33-34-47-50(49)42-28-16-18-30-46(42)58(47)38-31-32-43-48(35-38)59(39-23-11-5-12-24-39,40-25-13-6-14-26-40)53-51(36-19-7-3-8-20-36)56-54(57-52(43)53)37-21-9-4-10-22-37/h3-35H,1-2H3. The number of hydrogen-bond acceptors (Lipinski definition) is 2. The van der Waals surface area contributed by atoms with Gasteiger partial charge < -0.3 is 4.57 Å². The fourth-order valence-corrected chi connectivity index (χ4v) is 15.8. The summed E-state index contributed by atoms with van der Waals surface area (Å²) in [7, 11) is -3.08. The van der Waals surface area contributed by atoms with E-state index in [1.807, 2.05) is 0 Å². The van der Waals surface area contributed by atoms with E-state index in [2.05, 4.69) is 219 Å². The van der Waals surface area contributed by atoms with Gasteiger partial charge in [-0.15, -0.1) is 0 Å². The zero-order valence-corrected chi connectivity index (χ0v) is 33.9. The van der Waals surface area contributed by atoms with Gasteiger partial charge in [-0.25, -0.2) is 9.97 Å². The molecule has 3 nitrogen and oxygen atoms in total. The van der Waals surface area contributed by atoms with E-state index in [4.69, 9.17) is 9.97 Å². The molecule has 2 aliphatic rings. The number of para-hydroxylation sites is 1. The van der Waals surface area contributed by atoms with E-state index < -0.39 is 8.07 Å². The van der Waals surface area contributed by atoms with Crippen molar-refractivity contribution in [3.63, 3.8) is 0 Å². The normalized spacial score (nSPS) is 14.2. The van der Waals surface area contributed by atoms with E-state index in [0.29, 0.717) is 0 Å². The fourth-order valence-electron chi connectivity index (χ4n) is 10.5. The quantitative estimate of drug-likeness (QED) is 0.163. The number of rotatable bonds is 5. The first kappa shape index (κ1) is 33.9. The van der Waals surface area contributed by atoms with Crippen LogP contribution in [0.3, 0.4) is 0 Å². The van der Waals surface area contributed by atoms with Crippen LogP contribution in [0.5, 0.6) is 0 Å². The summed E-state index contributed by atoms with van der Waals surface area (Å²) < 4.78 is 2.51. The van der Waals surface area contributed by atoms with E-state index >= 15 is 0 Å². The lowest BCUT2D eigenvalue weighted by atomic mass is 9.82. The third-order valence-electron chi connectivity index (χ3n) is 13.1. The Morgan fingerprint density at radius 2 is 1.07 bits per heavy atom. The minimum Gasteiger partial charge on any atom is -0.309 e. The van der Waals surface area contributed by atoms with Crippen molar-refractivity contribution in [1.29, 1.82) is 0 Å². The number of fused-ring (bicyclic) bond motifs is 10. The summed E-state index contributed by atoms with van der Waals surface area (Å²) in [5, 5.41) is 7.80. The van der Waals surface area contributed by atoms with Crippen molar-refractivity contribution < 1.29 is 0 Å². The predicted molar refractivity (Wildman–Crippen MR) is 247 cm³/mol. The molecule has 0 N–H and O–H groups in total. The van der Waals surface area contributed by atoms with E-state index in [1.165, 1.54) is 70.4 Å². The Kier molecular flexibility index (Phi) is 7.29. The fraction of sp³-hybridized carbons (Fsp3) is 0.0545. The van der Waals surface area contributed by atoms with Crippen LogP contribution in [-0.2, 0) is 5.41 Å². The lowest BCUT2D eigenvalue weighted by Crippen LogP contribution is -2.73. The van der Waals surface area contributed by atoms with E-state index in [9.17, 15) is 0 Å². The Morgan fingerprint density at radius 3 is 1.78 bits per heavy atom. The molecule has 12 rings (SSSR count). The van der Waals surface area contributed by atoms with Gasteiger partial charge in [-0.3, -0.25) is 0 Å². The highest BCUT2D eigenvalue weighted by Crippen LogP contribution is 2.53. The van der Waals surface area contributed by atoms with Crippen LogP contribution in [0.15, 0.2) is 200 Å². The summed E-state index contributed by atoms with van der Waals surface area (Å²) >= 11 is 0. The zero-order valence-electron chi connectivity index (χ0n) is 32.9. The summed E-state index contributed by atoms with van der Waals surface area (Å²) in [5.41, 5.74) is 14.3. The Morgan fingerprint density at radius 1 is 0.475 bits per heavy atom. The van der Waals surface area contributed by atoms with Crippen LogP contribution in [0.25, 0.3) is 72.5 Å². The SMILES string of the molecule is CC1(C)c2ccccc2-c2c1ccc1c2c2ccccc2n1-c1ccc2c(c1)[Si](c1ccccc1)(c1ccccc1)c1c(-c3ccccc3)nc(-c3ccccc3)nc1-2.